The Labute approximate surface area is 57.2 Å². The van der Waals surface area contributed by atoms with Gasteiger partial charge in [-0.3, -0.25) is 4.90 Å². The first-order valence-electron chi connectivity index (χ1n) is 3.78. The first kappa shape index (κ1) is 7.03. The zero-order valence-corrected chi connectivity index (χ0v) is 6.35. The molecule has 0 radical (unpaired) electrons. The monoisotopic (exact) mass is 128 g/mol. The Hall–Kier alpha value is -0.0800. The fraction of sp³-hybridized carbons (Fsp3) is 1.00. The van der Waals surface area contributed by atoms with Gasteiger partial charge in [0.15, 0.2) is 0 Å². The topological polar surface area (TPSA) is 15.3 Å². The Bertz CT molecular complexity index is 77.0. The smallest absolute Gasteiger partial charge is 0.0594 e. The van der Waals surface area contributed by atoms with Gasteiger partial charge in [-0.2, -0.15) is 0 Å². The lowest BCUT2D eigenvalue weighted by Gasteiger charge is -2.21. The van der Waals surface area contributed by atoms with Crippen LogP contribution in [-0.4, -0.2) is 31.2 Å². The van der Waals surface area contributed by atoms with E-state index in [1.54, 1.807) is 0 Å². The van der Waals surface area contributed by atoms with Gasteiger partial charge in [-0.25, -0.2) is 0 Å². The average Bonchev–Trinajstić information content (AvgIpc) is 2.37. The second-order valence-electron chi connectivity index (χ2n) is 2.69. The summed E-state index contributed by atoms with van der Waals surface area (Å²) in [5.41, 5.74) is 0. The molecule has 1 saturated heterocycles. The zero-order valence-electron chi connectivity index (χ0n) is 6.35. The minimum absolute atomic E-state index is 0.662. The van der Waals surface area contributed by atoms with Gasteiger partial charge in [0.1, 0.15) is 0 Å². The van der Waals surface area contributed by atoms with Crippen LogP contribution in [0.1, 0.15) is 19.8 Å². The third kappa shape index (κ3) is 1.66. The molecule has 2 heteroatoms. The molecule has 0 saturated carbocycles. The Morgan fingerprint density at radius 1 is 1.67 bits per heavy atom. The van der Waals surface area contributed by atoms with E-state index in [2.05, 4.69) is 24.2 Å². The van der Waals surface area contributed by atoms with E-state index >= 15 is 0 Å². The van der Waals surface area contributed by atoms with E-state index < -0.39 is 0 Å². The second-order valence-corrected chi connectivity index (χ2v) is 2.69. The summed E-state index contributed by atoms with van der Waals surface area (Å²) in [5, 5.41) is 3.43. The van der Waals surface area contributed by atoms with Gasteiger partial charge in [0.05, 0.1) is 6.17 Å². The normalized spacial score (nSPS) is 27.7. The van der Waals surface area contributed by atoms with Crippen molar-refractivity contribution in [1.82, 2.24) is 10.2 Å². The van der Waals surface area contributed by atoms with Crippen LogP contribution in [0.15, 0.2) is 0 Å². The molecule has 1 aliphatic heterocycles. The van der Waals surface area contributed by atoms with E-state index in [4.69, 9.17) is 0 Å². The number of rotatable bonds is 2. The van der Waals surface area contributed by atoms with Crippen LogP contribution < -0.4 is 5.32 Å². The Morgan fingerprint density at radius 2 is 2.44 bits per heavy atom. The van der Waals surface area contributed by atoms with Crippen LogP contribution in [0.4, 0.5) is 0 Å². The minimum atomic E-state index is 0.662. The van der Waals surface area contributed by atoms with Crippen molar-refractivity contribution in [2.45, 2.75) is 25.9 Å². The number of nitrogens with one attached hydrogen (secondary N) is 1. The molecular formula is C7H16N2. The highest BCUT2D eigenvalue weighted by Crippen LogP contribution is 2.07. The highest BCUT2D eigenvalue weighted by atomic mass is 15.3. The van der Waals surface area contributed by atoms with Gasteiger partial charge in [0, 0.05) is 0 Å². The lowest BCUT2D eigenvalue weighted by atomic mass is 10.3. The van der Waals surface area contributed by atoms with Gasteiger partial charge in [-0.15, -0.1) is 0 Å². The maximum atomic E-state index is 3.43. The van der Waals surface area contributed by atoms with Gasteiger partial charge >= 0.3 is 0 Å². The number of nitrogens with zero attached hydrogens (tertiary/aromatic N) is 1. The van der Waals surface area contributed by atoms with E-state index in [1.807, 2.05) is 0 Å². The quantitative estimate of drug-likeness (QED) is 0.587. The molecule has 0 spiro atoms. The molecule has 1 atom stereocenters. The van der Waals surface area contributed by atoms with E-state index in [9.17, 15) is 0 Å². The van der Waals surface area contributed by atoms with Crippen molar-refractivity contribution in [3.63, 3.8) is 0 Å². The van der Waals surface area contributed by atoms with Crippen LogP contribution >= 0.6 is 0 Å². The van der Waals surface area contributed by atoms with Gasteiger partial charge in [0.25, 0.3) is 0 Å². The predicted octanol–water partition coefficient (Wildman–Crippen LogP) is 0.648. The van der Waals surface area contributed by atoms with Gasteiger partial charge in [-0.05, 0) is 33.0 Å². The fourth-order valence-electron chi connectivity index (χ4n) is 1.26. The standard InChI is InChI=1S/C7H16N2/c1-3-9(2)7-5-4-6-8-7/h7-8H,3-6H2,1-2H3/t7-/m1/s1. The third-order valence-corrected chi connectivity index (χ3v) is 2.07. The van der Waals surface area contributed by atoms with Crippen LogP contribution in [0.3, 0.4) is 0 Å². The molecule has 54 valence electrons. The molecule has 0 bridgehead atoms. The molecule has 0 amide bonds. The summed E-state index contributed by atoms with van der Waals surface area (Å²) in [6, 6.07) is 0. The van der Waals surface area contributed by atoms with Crippen LogP contribution in [0.25, 0.3) is 0 Å². The Balaban J connectivity index is 2.24. The second kappa shape index (κ2) is 3.18. The Kier molecular flexibility index (Phi) is 2.49. The SMILES string of the molecule is CCN(C)[C@@H]1CCCN1. The molecule has 1 heterocycles. The van der Waals surface area contributed by atoms with Crippen molar-refractivity contribution in [3.8, 4) is 0 Å². The van der Waals surface area contributed by atoms with E-state index in [-0.39, 0.29) is 0 Å². The summed E-state index contributed by atoms with van der Waals surface area (Å²) >= 11 is 0. The molecule has 0 aromatic carbocycles. The maximum absolute atomic E-state index is 3.43. The summed E-state index contributed by atoms with van der Waals surface area (Å²) in [6.45, 7) is 4.55. The van der Waals surface area contributed by atoms with Crippen LogP contribution in [0.5, 0.6) is 0 Å². The number of hydrogen-bond acceptors (Lipinski definition) is 2. The molecule has 1 N–H and O–H groups in total. The van der Waals surface area contributed by atoms with Crippen molar-refractivity contribution < 1.29 is 0 Å². The van der Waals surface area contributed by atoms with Crippen molar-refractivity contribution >= 4 is 0 Å². The summed E-state index contributed by atoms with van der Waals surface area (Å²) in [7, 11) is 2.17. The summed E-state index contributed by atoms with van der Waals surface area (Å²) < 4.78 is 0. The van der Waals surface area contributed by atoms with E-state index in [0.717, 1.165) is 6.54 Å². The molecule has 9 heavy (non-hydrogen) atoms. The summed E-state index contributed by atoms with van der Waals surface area (Å²) in [6.07, 6.45) is 3.33. The van der Waals surface area contributed by atoms with Crippen LogP contribution in [0.2, 0.25) is 0 Å². The van der Waals surface area contributed by atoms with Gasteiger partial charge in [-0.1, -0.05) is 6.92 Å². The highest BCUT2D eigenvalue weighted by Gasteiger charge is 2.16. The zero-order chi connectivity index (χ0) is 6.69. The van der Waals surface area contributed by atoms with Crippen molar-refractivity contribution in [2.75, 3.05) is 20.1 Å². The first-order chi connectivity index (χ1) is 4.34. The van der Waals surface area contributed by atoms with Crippen molar-refractivity contribution in [1.29, 1.82) is 0 Å². The average molecular weight is 128 g/mol. The van der Waals surface area contributed by atoms with E-state index in [0.29, 0.717) is 6.17 Å². The van der Waals surface area contributed by atoms with E-state index in [1.165, 1.54) is 19.4 Å². The van der Waals surface area contributed by atoms with Crippen LogP contribution in [-0.2, 0) is 0 Å². The molecule has 1 fully saturated rings. The molecule has 0 aliphatic carbocycles. The molecule has 0 aromatic heterocycles. The summed E-state index contributed by atoms with van der Waals surface area (Å²) in [4.78, 5) is 2.35. The summed E-state index contributed by atoms with van der Waals surface area (Å²) in [5.74, 6) is 0. The van der Waals surface area contributed by atoms with Crippen LogP contribution in [0, 0.1) is 0 Å². The first-order valence-corrected chi connectivity index (χ1v) is 3.78. The molecule has 1 aliphatic rings. The predicted molar refractivity (Wildman–Crippen MR) is 39.3 cm³/mol. The molecule has 2 nitrogen and oxygen atoms in total. The lowest BCUT2D eigenvalue weighted by Crippen LogP contribution is -2.38. The maximum Gasteiger partial charge on any atom is 0.0594 e. The lowest BCUT2D eigenvalue weighted by molar-refractivity contribution is 0.237. The van der Waals surface area contributed by atoms with Crippen molar-refractivity contribution in [3.05, 3.63) is 0 Å². The molecule has 0 unspecified atom stereocenters. The largest absolute Gasteiger partial charge is 0.302 e. The minimum Gasteiger partial charge on any atom is -0.302 e. The molecular weight excluding hydrogens is 112 g/mol. The fourth-order valence-corrected chi connectivity index (χ4v) is 1.26. The number of hydrogen-bond donors (Lipinski definition) is 1. The van der Waals surface area contributed by atoms with Gasteiger partial charge < -0.3 is 5.32 Å². The third-order valence-electron chi connectivity index (χ3n) is 2.07. The highest BCUT2D eigenvalue weighted by molar-refractivity contribution is 4.72. The van der Waals surface area contributed by atoms with Crippen molar-refractivity contribution in [2.24, 2.45) is 0 Å². The molecule has 0 aromatic rings. The molecule has 1 rings (SSSR count). The Morgan fingerprint density at radius 3 is 2.89 bits per heavy atom. The van der Waals surface area contributed by atoms with Gasteiger partial charge in [0.2, 0.25) is 0 Å².